The number of ether oxygens (including phenoxy) is 3. The van der Waals surface area contributed by atoms with Gasteiger partial charge in [0.2, 0.25) is 0 Å². The van der Waals surface area contributed by atoms with Crippen LogP contribution in [0.15, 0.2) is 42.5 Å². The fraction of sp³-hybridized carbons (Fsp3) is 0.409. The van der Waals surface area contributed by atoms with E-state index in [1.807, 2.05) is 18.2 Å². The van der Waals surface area contributed by atoms with Crippen LogP contribution in [0.2, 0.25) is 5.02 Å². The molecule has 154 valence electrons. The summed E-state index contributed by atoms with van der Waals surface area (Å²) < 4.78 is 16.9. The second-order valence-electron chi connectivity index (χ2n) is 7.34. The van der Waals surface area contributed by atoms with Crippen LogP contribution in [0.3, 0.4) is 0 Å². The number of rotatable bonds is 7. The van der Waals surface area contributed by atoms with Crippen molar-refractivity contribution in [1.29, 1.82) is 0 Å². The number of nitrogens with one attached hydrogen (secondary N) is 2. The lowest BCUT2D eigenvalue weighted by Gasteiger charge is -2.24. The zero-order valence-electron chi connectivity index (χ0n) is 16.3. The first-order chi connectivity index (χ1) is 14.2. The van der Waals surface area contributed by atoms with Crippen molar-refractivity contribution in [1.82, 2.24) is 5.32 Å². The van der Waals surface area contributed by atoms with E-state index < -0.39 is 0 Å². The Labute approximate surface area is 175 Å². The molecule has 1 saturated heterocycles. The summed E-state index contributed by atoms with van der Waals surface area (Å²) in [6, 6.07) is 13.7. The molecule has 1 unspecified atom stereocenters. The Balaban J connectivity index is 1.26. The molecule has 2 aromatic rings. The molecule has 2 aromatic carbocycles. The molecule has 29 heavy (non-hydrogen) atoms. The van der Waals surface area contributed by atoms with Crippen LogP contribution < -0.4 is 24.4 Å². The Kier molecular flexibility index (Phi) is 6.42. The number of hydrogen-bond acceptors (Lipinski definition) is 4. The highest BCUT2D eigenvalue weighted by atomic mass is 35.5. The Morgan fingerprint density at radius 3 is 2.76 bits per heavy atom. The zero-order valence-corrected chi connectivity index (χ0v) is 17.0. The fourth-order valence-electron chi connectivity index (χ4n) is 3.96. The van der Waals surface area contributed by atoms with Gasteiger partial charge in [0.1, 0.15) is 31.6 Å². The lowest BCUT2D eigenvalue weighted by atomic mass is 10.0. The van der Waals surface area contributed by atoms with Gasteiger partial charge in [-0.15, -0.1) is 0 Å². The van der Waals surface area contributed by atoms with Gasteiger partial charge in [0, 0.05) is 23.4 Å². The van der Waals surface area contributed by atoms with E-state index in [1.165, 1.54) is 10.5 Å². The van der Waals surface area contributed by atoms with Crippen LogP contribution in [0.4, 0.5) is 0 Å². The summed E-state index contributed by atoms with van der Waals surface area (Å²) in [4.78, 5) is 13.7. The summed E-state index contributed by atoms with van der Waals surface area (Å²) in [5.41, 5.74) is 1.21. The monoisotopic (exact) mass is 417 g/mol. The third kappa shape index (κ3) is 5.14. The predicted molar refractivity (Wildman–Crippen MR) is 110 cm³/mol. The molecular weight excluding hydrogens is 392 g/mol. The molecule has 2 aliphatic heterocycles. The molecular formula is C22H26ClN2O4+. The minimum atomic E-state index is 0.0455. The van der Waals surface area contributed by atoms with Crippen LogP contribution in [0.25, 0.3) is 0 Å². The smallest absolute Gasteiger partial charge is 0.275 e. The Morgan fingerprint density at radius 1 is 1.14 bits per heavy atom. The standard InChI is InChI=1S/C22H25ClN2O4/c23-17-4-6-18(7-5-17)27-11-9-24-22(26)15-25-10-1-2-19(25)16-3-8-20-21(14-16)29-13-12-28-20/h3-8,14,19H,1-2,9-13,15H2,(H,24,26)/p+1/t19-/m0/s1. The van der Waals surface area contributed by atoms with Gasteiger partial charge in [0.25, 0.3) is 5.91 Å². The second-order valence-corrected chi connectivity index (χ2v) is 7.77. The van der Waals surface area contributed by atoms with Crippen molar-refractivity contribution in [3.8, 4) is 17.2 Å². The molecule has 1 fully saturated rings. The second kappa shape index (κ2) is 9.37. The predicted octanol–water partition coefficient (Wildman–Crippen LogP) is 2.03. The van der Waals surface area contributed by atoms with Gasteiger partial charge in [-0.3, -0.25) is 4.79 Å². The number of halogens is 1. The normalized spacial score (nSPS) is 20.3. The van der Waals surface area contributed by atoms with E-state index in [1.54, 1.807) is 12.1 Å². The first kappa shape index (κ1) is 19.9. The van der Waals surface area contributed by atoms with Gasteiger partial charge in [0.15, 0.2) is 18.0 Å². The first-order valence-corrected chi connectivity index (χ1v) is 10.5. The molecule has 0 spiro atoms. The lowest BCUT2D eigenvalue weighted by Crippen LogP contribution is -3.11. The topological polar surface area (TPSA) is 61.2 Å². The zero-order chi connectivity index (χ0) is 20.1. The maximum atomic E-state index is 12.4. The fourth-order valence-corrected chi connectivity index (χ4v) is 4.09. The first-order valence-electron chi connectivity index (χ1n) is 10.1. The molecule has 2 aliphatic rings. The number of amides is 1. The number of fused-ring (bicyclic) bond motifs is 1. The van der Waals surface area contributed by atoms with E-state index in [-0.39, 0.29) is 5.91 Å². The molecule has 2 N–H and O–H groups in total. The third-order valence-electron chi connectivity index (χ3n) is 5.35. The molecule has 4 rings (SSSR count). The molecule has 0 saturated carbocycles. The number of quaternary nitrogens is 1. The minimum absolute atomic E-state index is 0.0455. The number of hydrogen-bond donors (Lipinski definition) is 2. The summed E-state index contributed by atoms with van der Waals surface area (Å²) in [7, 11) is 0. The molecule has 0 aliphatic carbocycles. The molecule has 2 atom stereocenters. The molecule has 0 aromatic heterocycles. The minimum Gasteiger partial charge on any atom is -0.492 e. The molecule has 0 radical (unpaired) electrons. The van der Waals surface area contributed by atoms with Crippen LogP contribution in [-0.4, -0.2) is 45.4 Å². The van der Waals surface area contributed by atoms with Gasteiger partial charge in [0.05, 0.1) is 13.1 Å². The van der Waals surface area contributed by atoms with E-state index >= 15 is 0 Å². The van der Waals surface area contributed by atoms with Crippen molar-refractivity contribution in [2.45, 2.75) is 18.9 Å². The van der Waals surface area contributed by atoms with Crippen molar-refractivity contribution < 1.29 is 23.9 Å². The summed E-state index contributed by atoms with van der Waals surface area (Å²) >= 11 is 5.86. The van der Waals surface area contributed by atoms with E-state index in [4.69, 9.17) is 25.8 Å². The van der Waals surface area contributed by atoms with E-state index in [0.29, 0.717) is 44.0 Å². The Bertz CT molecular complexity index is 843. The number of likely N-dealkylation sites (tertiary alicyclic amines) is 1. The molecule has 7 heteroatoms. The summed E-state index contributed by atoms with van der Waals surface area (Å²) in [6.45, 7) is 3.53. The van der Waals surface area contributed by atoms with E-state index in [0.717, 1.165) is 36.6 Å². The number of benzene rings is 2. The third-order valence-corrected chi connectivity index (χ3v) is 5.60. The maximum Gasteiger partial charge on any atom is 0.275 e. The van der Waals surface area contributed by atoms with Crippen LogP contribution in [0.1, 0.15) is 24.4 Å². The van der Waals surface area contributed by atoms with E-state index in [2.05, 4.69) is 17.4 Å². The quantitative estimate of drug-likeness (QED) is 0.677. The molecule has 2 heterocycles. The van der Waals surface area contributed by atoms with Gasteiger partial charge in [-0.2, -0.15) is 0 Å². The van der Waals surface area contributed by atoms with Gasteiger partial charge in [-0.05, 0) is 42.5 Å². The maximum absolute atomic E-state index is 12.4. The van der Waals surface area contributed by atoms with E-state index in [9.17, 15) is 4.79 Å². The molecule has 0 bridgehead atoms. The van der Waals surface area contributed by atoms with Crippen LogP contribution in [0, 0.1) is 0 Å². The SMILES string of the molecule is O=C(C[NH+]1CCC[C@H]1c1ccc2c(c1)OCCO2)NCCOc1ccc(Cl)cc1. The summed E-state index contributed by atoms with van der Waals surface area (Å²) in [5, 5.41) is 3.63. The largest absolute Gasteiger partial charge is 0.492 e. The van der Waals surface area contributed by atoms with Gasteiger partial charge in [-0.1, -0.05) is 11.6 Å². The highest BCUT2D eigenvalue weighted by Gasteiger charge is 2.32. The van der Waals surface area contributed by atoms with Crippen molar-refractivity contribution in [2.75, 3.05) is 39.5 Å². The molecule has 6 nitrogen and oxygen atoms in total. The lowest BCUT2D eigenvalue weighted by molar-refractivity contribution is -0.910. The van der Waals surface area contributed by atoms with Gasteiger partial charge >= 0.3 is 0 Å². The number of carbonyl (C=O) groups excluding carboxylic acids is 1. The molecule has 1 amide bonds. The Hall–Kier alpha value is -2.44. The van der Waals surface area contributed by atoms with Crippen LogP contribution >= 0.6 is 11.6 Å². The number of carbonyl (C=O) groups is 1. The van der Waals surface area contributed by atoms with Gasteiger partial charge in [-0.25, -0.2) is 0 Å². The van der Waals surface area contributed by atoms with Crippen LogP contribution in [-0.2, 0) is 4.79 Å². The van der Waals surface area contributed by atoms with Gasteiger partial charge < -0.3 is 24.4 Å². The highest BCUT2D eigenvalue weighted by Crippen LogP contribution is 2.33. The van der Waals surface area contributed by atoms with Crippen molar-refractivity contribution in [2.24, 2.45) is 0 Å². The highest BCUT2D eigenvalue weighted by molar-refractivity contribution is 6.30. The average Bonchev–Trinajstić information content (AvgIpc) is 3.20. The Morgan fingerprint density at radius 2 is 1.93 bits per heavy atom. The average molecular weight is 418 g/mol. The summed E-state index contributed by atoms with van der Waals surface area (Å²) in [6.07, 6.45) is 2.18. The van der Waals surface area contributed by atoms with Crippen LogP contribution in [0.5, 0.6) is 17.2 Å². The van der Waals surface area contributed by atoms with Crippen molar-refractivity contribution in [3.63, 3.8) is 0 Å². The summed E-state index contributed by atoms with van der Waals surface area (Å²) in [5.74, 6) is 2.40. The van der Waals surface area contributed by atoms with Crippen molar-refractivity contribution >= 4 is 17.5 Å². The van der Waals surface area contributed by atoms with Crippen molar-refractivity contribution in [3.05, 3.63) is 53.1 Å².